The van der Waals surface area contributed by atoms with Crippen LogP contribution in [0.2, 0.25) is 0 Å². The van der Waals surface area contributed by atoms with E-state index in [1.54, 1.807) is 0 Å². The summed E-state index contributed by atoms with van der Waals surface area (Å²) in [6, 6.07) is 10.1. The Kier molecular flexibility index (Phi) is 5.78. The second-order valence-electron chi connectivity index (χ2n) is 5.63. The molecule has 1 saturated heterocycles. The number of benzene rings is 1. The predicted octanol–water partition coefficient (Wildman–Crippen LogP) is 2.14. The molecule has 0 atom stereocenters. The summed E-state index contributed by atoms with van der Waals surface area (Å²) < 4.78 is 0. The number of hydrogen-bond donors (Lipinski definition) is 1. The first-order valence-corrected chi connectivity index (χ1v) is 7.80. The number of carbonyl (C=O) groups is 2. The lowest BCUT2D eigenvalue weighted by molar-refractivity contribution is -0.131. The molecule has 0 unspecified atom stereocenters. The summed E-state index contributed by atoms with van der Waals surface area (Å²) >= 11 is 0. The molecule has 4 nitrogen and oxygen atoms in total. The van der Waals surface area contributed by atoms with Crippen LogP contribution in [-0.4, -0.2) is 35.8 Å². The maximum atomic E-state index is 12.2. The molecule has 0 bridgehead atoms. The van der Waals surface area contributed by atoms with E-state index in [0.717, 1.165) is 37.9 Å². The highest BCUT2D eigenvalue weighted by molar-refractivity contribution is 5.79. The van der Waals surface area contributed by atoms with Crippen molar-refractivity contribution in [1.82, 2.24) is 10.2 Å². The third kappa shape index (κ3) is 4.88. The number of nitrogens with one attached hydrogen (secondary N) is 1. The van der Waals surface area contributed by atoms with E-state index in [9.17, 15) is 9.59 Å². The van der Waals surface area contributed by atoms with Gasteiger partial charge in [-0.2, -0.15) is 0 Å². The number of amides is 2. The molecule has 0 radical (unpaired) electrons. The van der Waals surface area contributed by atoms with Crippen molar-refractivity contribution in [2.24, 2.45) is 0 Å². The molecule has 1 aromatic rings. The lowest BCUT2D eigenvalue weighted by atomic mass is 10.0. The Labute approximate surface area is 126 Å². The molecular formula is C17H24N2O2. The minimum Gasteiger partial charge on any atom is -0.353 e. The minimum atomic E-state index is 0.131. The zero-order chi connectivity index (χ0) is 15.1. The third-order valence-corrected chi connectivity index (χ3v) is 3.89. The Morgan fingerprint density at radius 1 is 1.19 bits per heavy atom. The molecule has 0 saturated carbocycles. The van der Waals surface area contributed by atoms with E-state index in [4.69, 9.17) is 0 Å². The van der Waals surface area contributed by atoms with E-state index in [1.807, 2.05) is 42.2 Å². The van der Waals surface area contributed by atoms with Crippen molar-refractivity contribution in [2.75, 3.05) is 13.1 Å². The van der Waals surface area contributed by atoms with Crippen LogP contribution in [0.3, 0.4) is 0 Å². The van der Waals surface area contributed by atoms with Crippen LogP contribution < -0.4 is 5.32 Å². The average molecular weight is 288 g/mol. The van der Waals surface area contributed by atoms with Gasteiger partial charge >= 0.3 is 0 Å². The zero-order valence-corrected chi connectivity index (χ0v) is 12.7. The molecule has 1 fully saturated rings. The summed E-state index contributed by atoms with van der Waals surface area (Å²) in [5, 5.41) is 3.05. The van der Waals surface area contributed by atoms with Crippen LogP contribution in [0.1, 0.15) is 38.2 Å². The average Bonchev–Trinajstić information content (AvgIpc) is 2.49. The van der Waals surface area contributed by atoms with E-state index >= 15 is 0 Å². The van der Waals surface area contributed by atoms with Crippen LogP contribution >= 0.6 is 0 Å². The van der Waals surface area contributed by atoms with Gasteiger partial charge in [-0.25, -0.2) is 0 Å². The molecular weight excluding hydrogens is 264 g/mol. The monoisotopic (exact) mass is 288 g/mol. The molecule has 114 valence electrons. The molecule has 2 rings (SSSR count). The summed E-state index contributed by atoms with van der Waals surface area (Å²) in [6.45, 7) is 3.48. The summed E-state index contributed by atoms with van der Waals surface area (Å²) in [5.41, 5.74) is 1.06. The van der Waals surface area contributed by atoms with Gasteiger partial charge in [0.1, 0.15) is 0 Å². The second-order valence-corrected chi connectivity index (χ2v) is 5.63. The van der Waals surface area contributed by atoms with Crippen LogP contribution in [0.25, 0.3) is 0 Å². The maximum absolute atomic E-state index is 12.2. The van der Waals surface area contributed by atoms with Gasteiger partial charge in [0.15, 0.2) is 0 Å². The van der Waals surface area contributed by atoms with Crippen molar-refractivity contribution in [2.45, 2.75) is 45.1 Å². The van der Waals surface area contributed by atoms with Crippen molar-refractivity contribution >= 4 is 11.8 Å². The van der Waals surface area contributed by atoms with Gasteiger partial charge in [-0.1, -0.05) is 37.3 Å². The van der Waals surface area contributed by atoms with Crippen LogP contribution in [-0.2, 0) is 16.0 Å². The van der Waals surface area contributed by atoms with E-state index in [1.165, 1.54) is 0 Å². The number of likely N-dealkylation sites (tertiary alicyclic amines) is 1. The lowest BCUT2D eigenvalue weighted by Gasteiger charge is -2.32. The van der Waals surface area contributed by atoms with Gasteiger partial charge < -0.3 is 10.2 Å². The quantitative estimate of drug-likeness (QED) is 0.902. The first kappa shape index (κ1) is 15.5. The standard InChI is InChI=1S/C17H24N2O2/c1-2-6-16(20)18-15-9-11-19(12-10-15)17(21)13-14-7-4-3-5-8-14/h3-5,7-8,15H,2,6,9-13H2,1H3,(H,18,20). The Morgan fingerprint density at radius 3 is 2.48 bits per heavy atom. The van der Waals surface area contributed by atoms with E-state index in [-0.39, 0.29) is 17.9 Å². The normalized spacial score (nSPS) is 15.8. The molecule has 1 aromatic carbocycles. The molecule has 4 heteroatoms. The molecule has 1 N–H and O–H groups in total. The molecule has 0 aromatic heterocycles. The largest absolute Gasteiger partial charge is 0.353 e. The Hall–Kier alpha value is -1.84. The number of carbonyl (C=O) groups excluding carboxylic acids is 2. The fraction of sp³-hybridized carbons (Fsp3) is 0.529. The van der Waals surface area contributed by atoms with E-state index in [0.29, 0.717) is 12.8 Å². The van der Waals surface area contributed by atoms with Gasteiger partial charge in [0, 0.05) is 25.6 Å². The van der Waals surface area contributed by atoms with Gasteiger partial charge in [0.2, 0.25) is 11.8 Å². The number of hydrogen-bond acceptors (Lipinski definition) is 2. The highest BCUT2D eigenvalue weighted by Crippen LogP contribution is 2.13. The van der Waals surface area contributed by atoms with Crippen LogP contribution in [0.15, 0.2) is 30.3 Å². The molecule has 0 spiro atoms. The first-order valence-electron chi connectivity index (χ1n) is 7.80. The highest BCUT2D eigenvalue weighted by atomic mass is 16.2. The maximum Gasteiger partial charge on any atom is 0.226 e. The minimum absolute atomic E-state index is 0.131. The fourth-order valence-corrected chi connectivity index (χ4v) is 2.68. The molecule has 0 aliphatic carbocycles. The molecule has 21 heavy (non-hydrogen) atoms. The highest BCUT2D eigenvalue weighted by Gasteiger charge is 2.23. The van der Waals surface area contributed by atoms with Gasteiger partial charge in [0.25, 0.3) is 0 Å². The predicted molar refractivity (Wildman–Crippen MR) is 82.8 cm³/mol. The van der Waals surface area contributed by atoms with Crippen molar-refractivity contribution < 1.29 is 9.59 Å². The van der Waals surface area contributed by atoms with Crippen LogP contribution in [0.5, 0.6) is 0 Å². The molecule has 1 aliphatic heterocycles. The third-order valence-electron chi connectivity index (χ3n) is 3.89. The lowest BCUT2D eigenvalue weighted by Crippen LogP contribution is -2.46. The Balaban J connectivity index is 1.75. The van der Waals surface area contributed by atoms with E-state index < -0.39 is 0 Å². The SMILES string of the molecule is CCCC(=O)NC1CCN(C(=O)Cc2ccccc2)CC1. The molecule has 2 amide bonds. The Morgan fingerprint density at radius 2 is 1.86 bits per heavy atom. The molecule has 1 heterocycles. The number of rotatable bonds is 5. The van der Waals surface area contributed by atoms with Gasteiger partial charge in [0.05, 0.1) is 6.42 Å². The van der Waals surface area contributed by atoms with Crippen LogP contribution in [0, 0.1) is 0 Å². The number of piperidine rings is 1. The summed E-state index contributed by atoms with van der Waals surface area (Å²) in [6.07, 6.45) is 3.65. The molecule has 1 aliphatic rings. The smallest absolute Gasteiger partial charge is 0.226 e. The summed E-state index contributed by atoms with van der Waals surface area (Å²) in [4.78, 5) is 25.7. The van der Waals surface area contributed by atoms with Crippen molar-refractivity contribution in [1.29, 1.82) is 0 Å². The topological polar surface area (TPSA) is 49.4 Å². The number of nitrogens with zero attached hydrogens (tertiary/aromatic N) is 1. The summed E-state index contributed by atoms with van der Waals surface area (Å²) in [7, 11) is 0. The van der Waals surface area contributed by atoms with Gasteiger partial charge in [-0.05, 0) is 24.8 Å². The zero-order valence-electron chi connectivity index (χ0n) is 12.7. The summed E-state index contributed by atoms with van der Waals surface area (Å²) in [5.74, 6) is 0.311. The van der Waals surface area contributed by atoms with Crippen molar-refractivity contribution in [3.63, 3.8) is 0 Å². The van der Waals surface area contributed by atoms with Crippen LogP contribution in [0.4, 0.5) is 0 Å². The van der Waals surface area contributed by atoms with Crippen molar-refractivity contribution in [3.8, 4) is 0 Å². The van der Waals surface area contributed by atoms with E-state index in [2.05, 4.69) is 5.32 Å². The van der Waals surface area contributed by atoms with Gasteiger partial charge in [-0.15, -0.1) is 0 Å². The van der Waals surface area contributed by atoms with Crippen molar-refractivity contribution in [3.05, 3.63) is 35.9 Å². The first-order chi connectivity index (χ1) is 10.2. The fourth-order valence-electron chi connectivity index (χ4n) is 2.68. The Bertz CT molecular complexity index is 465. The van der Waals surface area contributed by atoms with Gasteiger partial charge in [-0.3, -0.25) is 9.59 Å². The second kappa shape index (κ2) is 7.81.